The predicted molar refractivity (Wildman–Crippen MR) is 64.6 cm³/mol. The van der Waals surface area contributed by atoms with Crippen LogP contribution in [0.3, 0.4) is 0 Å². The highest BCUT2D eigenvalue weighted by molar-refractivity contribution is 5.32. The first kappa shape index (κ1) is 12.6. The Morgan fingerprint density at radius 3 is 2.50 bits per heavy atom. The topological polar surface area (TPSA) is 55.2 Å². The van der Waals surface area contributed by atoms with Crippen LogP contribution in [0.15, 0.2) is 24.3 Å². The number of benzene rings is 1. The van der Waals surface area contributed by atoms with E-state index in [0.29, 0.717) is 0 Å². The van der Waals surface area contributed by atoms with Gasteiger partial charge in [-0.2, -0.15) is 0 Å². The fourth-order valence-electron chi connectivity index (χ4n) is 1.44. The third kappa shape index (κ3) is 4.40. The van der Waals surface area contributed by atoms with Gasteiger partial charge in [0, 0.05) is 12.1 Å². The summed E-state index contributed by atoms with van der Waals surface area (Å²) in [5.41, 5.74) is 1.29. The van der Waals surface area contributed by atoms with Gasteiger partial charge in [0.2, 0.25) is 0 Å². The van der Waals surface area contributed by atoms with Crippen LogP contribution >= 0.6 is 0 Å². The first-order chi connectivity index (χ1) is 7.74. The van der Waals surface area contributed by atoms with Gasteiger partial charge in [-0.15, -0.1) is 0 Å². The van der Waals surface area contributed by atoms with Crippen molar-refractivity contribution < 1.29 is 4.92 Å². The highest BCUT2D eigenvalue weighted by Crippen LogP contribution is 2.11. The van der Waals surface area contributed by atoms with E-state index in [1.807, 2.05) is 12.1 Å². The molecule has 1 rings (SSSR count). The lowest BCUT2D eigenvalue weighted by atomic mass is 10.1. The molecule has 0 aliphatic carbocycles. The molecular weight excluding hydrogens is 204 g/mol. The van der Waals surface area contributed by atoms with Crippen LogP contribution < -0.4 is 5.32 Å². The minimum atomic E-state index is -0.372. The summed E-state index contributed by atoms with van der Waals surface area (Å²) < 4.78 is 0. The maximum atomic E-state index is 10.4. The minimum absolute atomic E-state index is 0.155. The molecule has 1 aromatic rings. The Labute approximate surface area is 95.8 Å². The van der Waals surface area contributed by atoms with E-state index in [1.54, 1.807) is 12.1 Å². The molecule has 0 aromatic heterocycles. The molecule has 0 atom stereocenters. The number of nitro groups is 1. The van der Waals surface area contributed by atoms with Crippen LogP contribution in [0.4, 0.5) is 5.69 Å². The van der Waals surface area contributed by atoms with Gasteiger partial charge >= 0.3 is 0 Å². The SMILES string of the molecule is CCCCNCCc1ccc([N+](=O)[O-])cc1. The monoisotopic (exact) mass is 222 g/mol. The van der Waals surface area contributed by atoms with E-state index >= 15 is 0 Å². The minimum Gasteiger partial charge on any atom is -0.316 e. The van der Waals surface area contributed by atoms with Gasteiger partial charge in [-0.05, 0) is 31.5 Å². The number of nitrogens with one attached hydrogen (secondary N) is 1. The molecule has 0 heterocycles. The van der Waals surface area contributed by atoms with Crippen LogP contribution in [-0.2, 0) is 6.42 Å². The van der Waals surface area contributed by atoms with Crippen LogP contribution in [-0.4, -0.2) is 18.0 Å². The molecule has 0 unspecified atom stereocenters. The summed E-state index contributed by atoms with van der Waals surface area (Å²) in [6.45, 7) is 4.14. The lowest BCUT2D eigenvalue weighted by Gasteiger charge is -2.03. The van der Waals surface area contributed by atoms with Crippen LogP contribution in [0, 0.1) is 10.1 Å². The van der Waals surface area contributed by atoms with Crippen molar-refractivity contribution in [2.24, 2.45) is 0 Å². The second-order valence-electron chi connectivity index (χ2n) is 3.78. The molecule has 88 valence electrons. The molecule has 0 aliphatic heterocycles. The third-order valence-corrected chi connectivity index (χ3v) is 2.44. The first-order valence-electron chi connectivity index (χ1n) is 5.68. The Balaban J connectivity index is 2.29. The number of rotatable bonds is 7. The Morgan fingerprint density at radius 2 is 1.94 bits per heavy atom. The molecule has 0 saturated heterocycles. The number of nitro benzene ring substituents is 1. The maximum absolute atomic E-state index is 10.4. The second-order valence-corrected chi connectivity index (χ2v) is 3.78. The smallest absolute Gasteiger partial charge is 0.269 e. The Morgan fingerprint density at radius 1 is 1.25 bits per heavy atom. The molecule has 0 spiro atoms. The van der Waals surface area contributed by atoms with E-state index in [-0.39, 0.29) is 10.6 Å². The zero-order chi connectivity index (χ0) is 11.8. The fraction of sp³-hybridized carbons (Fsp3) is 0.500. The van der Waals surface area contributed by atoms with Gasteiger partial charge in [-0.25, -0.2) is 0 Å². The lowest BCUT2D eigenvalue weighted by Crippen LogP contribution is -2.18. The molecule has 0 fully saturated rings. The van der Waals surface area contributed by atoms with Crippen LogP contribution in [0.1, 0.15) is 25.3 Å². The van der Waals surface area contributed by atoms with E-state index < -0.39 is 0 Å². The van der Waals surface area contributed by atoms with Crippen LogP contribution in [0.2, 0.25) is 0 Å². The number of hydrogen-bond acceptors (Lipinski definition) is 3. The molecule has 1 aromatic carbocycles. The summed E-state index contributed by atoms with van der Waals surface area (Å²) in [7, 11) is 0. The summed E-state index contributed by atoms with van der Waals surface area (Å²) in [6.07, 6.45) is 3.31. The fourth-order valence-corrected chi connectivity index (χ4v) is 1.44. The van der Waals surface area contributed by atoms with Gasteiger partial charge in [-0.1, -0.05) is 25.5 Å². The first-order valence-corrected chi connectivity index (χ1v) is 5.68. The Bertz CT molecular complexity index is 322. The van der Waals surface area contributed by atoms with E-state index in [4.69, 9.17) is 0 Å². The predicted octanol–water partition coefficient (Wildman–Crippen LogP) is 2.53. The highest BCUT2D eigenvalue weighted by Gasteiger charge is 2.03. The standard InChI is InChI=1S/C12H18N2O2/c1-2-3-9-13-10-8-11-4-6-12(7-5-11)14(15)16/h4-7,13H,2-3,8-10H2,1H3. The molecule has 0 bridgehead atoms. The highest BCUT2D eigenvalue weighted by atomic mass is 16.6. The Hall–Kier alpha value is -1.42. The maximum Gasteiger partial charge on any atom is 0.269 e. The van der Waals surface area contributed by atoms with Gasteiger partial charge in [0.05, 0.1) is 4.92 Å². The van der Waals surface area contributed by atoms with Gasteiger partial charge in [-0.3, -0.25) is 10.1 Å². The van der Waals surface area contributed by atoms with Crippen molar-refractivity contribution in [2.75, 3.05) is 13.1 Å². The molecule has 0 radical (unpaired) electrons. The normalized spacial score (nSPS) is 10.3. The van der Waals surface area contributed by atoms with Gasteiger partial charge in [0.25, 0.3) is 5.69 Å². The van der Waals surface area contributed by atoms with E-state index in [2.05, 4.69) is 12.2 Å². The van der Waals surface area contributed by atoms with Gasteiger partial charge < -0.3 is 5.32 Å². The number of non-ortho nitro benzene ring substituents is 1. The van der Waals surface area contributed by atoms with Crippen molar-refractivity contribution >= 4 is 5.69 Å². The summed E-state index contributed by atoms with van der Waals surface area (Å²) in [4.78, 5) is 10.1. The third-order valence-electron chi connectivity index (χ3n) is 2.44. The second kappa shape index (κ2) is 6.95. The van der Waals surface area contributed by atoms with Gasteiger partial charge in [0.1, 0.15) is 0 Å². The van der Waals surface area contributed by atoms with Crippen molar-refractivity contribution in [3.05, 3.63) is 39.9 Å². The molecule has 4 nitrogen and oxygen atoms in total. The van der Waals surface area contributed by atoms with E-state index in [9.17, 15) is 10.1 Å². The molecule has 1 N–H and O–H groups in total. The molecule has 0 aliphatic rings. The zero-order valence-electron chi connectivity index (χ0n) is 9.61. The van der Waals surface area contributed by atoms with Crippen LogP contribution in [0.25, 0.3) is 0 Å². The molecular formula is C12H18N2O2. The van der Waals surface area contributed by atoms with E-state index in [1.165, 1.54) is 12.8 Å². The summed E-state index contributed by atoms with van der Waals surface area (Å²) in [5.74, 6) is 0. The largest absolute Gasteiger partial charge is 0.316 e. The molecule has 4 heteroatoms. The summed E-state index contributed by atoms with van der Waals surface area (Å²) in [5, 5.41) is 13.8. The molecule has 0 amide bonds. The van der Waals surface area contributed by atoms with Gasteiger partial charge in [0.15, 0.2) is 0 Å². The zero-order valence-corrected chi connectivity index (χ0v) is 9.61. The number of nitrogens with zero attached hydrogens (tertiary/aromatic N) is 1. The summed E-state index contributed by atoms with van der Waals surface area (Å²) in [6, 6.07) is 6.75. The van der Waals surface area contributed by atoms with E-state index in [0.717, 1.165) is 25.1 Å². The average molecular weight is 222 g/mol. The lowest BCUT2D eigenvalue weighted by molar-refractivity contribution is -0.384. The molecule has 16 heavy (non-hydrogen) atoms. The van der Waals surface area contributed by atoms with Crippen LogP contribution in [0.5, 0.6) is 0 Å². The van der Waals surface area contributed by atoms with Crippen molar-refractivity contribution in [1.29, 1.82) is 0 Å². The van der Waals surface area contributed by atoms with Crippen molar-refractivity contribution in [2.45, 2.75) is 26.2 Å². The average Bonchev–Trinajstić information content (AvgIpc) is 2.29. The molecule has 0 saturated carbocycles. The Kier molecular flexibility index (Phi) is 5.50. The van der Waals surface area contributed by atoms with Crippen molar-refractivity contribution in [1.82, 2.24) is 5.32 Å². The summed E-state index contributed by atoms with van der Waals surface area (Å²) >= 11 is 0. The number of unbranched alkanes of at least 4 members (excludes halogenated alkanes) is 1. The number of hydrogen-bond donors (Lipinski definition) is 1. The quantitative estimate of drug-likeness (QED) is 0.438. The van der Waals surface area contributed by atoms with Crippen molar-refractivity contribution in [3.63, 3.8) is 0 Å². The van der Waals surface area contributed by atoms with Crippen molar-refractivity contribution in [3.8, 4) is 0 Å².